The SMILES string of the molecule is O=[C-]NCc1ccccc1.[Ir]. The van der Waals surface area contributed by atoms with Crippen LogP contribution >= 0.6 is 0 Å². The summed E-state index contributed by atoms with van der Waals surface area (Å²) in [7, 11) is 0. The van der Waals surface area contributed by atoms with Gasteiger partial charge in [0.25, 0.3) is 0 Å². The average molecular weight is 326 g/mol. The topological polar surface area (TPSA) is 29.1 Å². The molecule has 1 aromatic rings. The second kappa shape index (κ2) is 6.08. The number of benzene rings is 1. The number of nitrogens with one attached hydrogen (secondary N) is 1. The molecule has 0 saturated heterocycles. The second-order valence-electron chi connectivity index (χ2n) is 1.94. The molecule has 1 aromatic carbocycles. The Morgan fingerprint density at radius 3 is 2.45 bits per heavy atom. The quantitative estimate of drug-likeness (QED) is 0.647. The van der Waals surface area contributed by atoms with Gasteiger partial charge in [0.1, 0.15) is 0 Å². The van der Waals surface area contributed by atoms with E-state index < -0.39 is 0 Å². The summed E-state index contributed by atoms with van der Waals surface area (Å²) >= 11 is 0. The zero-order chi connectivity index (χ0) is 7.23. The van der Waals surface area contributed by atoms with Gasteiger partial charge in [0.05, 0.1) is 0 Å². The molecule has 0 atom stereocenters. The van der Waals surface area contributed by atoms with Crippen LogP contribution in [0.4, 0.5) is 0 Å². The third-order valence-electron chi connectivity index (χ3n) is 1.21. The molecular weight excluding hydrogens is 318 g/mol. The molecule has 61 valence electrons. The number of amides is 1. The summed E-state index contributed by atoms with van der Waals surface area (Å²) in [4.78, 5) is 9.74. The van der Waals surface area contributed by atoms with Crippen molar-refractivity contribution in [3.05, 3.63) is 35.9 Å². The van der Waals surface area contributed by atoms with Gasteiger partial charge in [-0.1, -0.05) is 30.3 Å². The van der Waals surface area contributed by atoms with Crippen molar-refractivity contribution < 1.29 is 24.9 Å². The summed E-state index contributed by atoms with van der Waals surface area (Å²) in [6, 6.07) is 9.70. The van der Waals surface area contributed by atoms with Gasteiger partial charge in [-0.25, -0.2) is 0 Å². The van der Waals surface area contributed by atoms with Crippen molar-refractivity contribution in [2.45, 2.75) is 6.54 Å². The van der Waals surface area contributed by atoms with E-state index in [2.05, 4.69) is 5.32 Å². The molecule has 0 aliphatic heterocycles. The number of hydrogen-bond acceptors (Lipinski definition) is 1. The fourth-order valence-corrected chi connectivity index (χ4v) is 0.734. The Labute approximate surface area is 79.4 Å². The van der Waals surface area contributed by atoms with Crippen LogP contribution < -0.4 is 5.32 Å². The molecule has 11 heavy (non-hydrogen) atoms. The molecule has 0 spiro atoms. The molecule has 0 aromatic heterocycles. The van der Waals surface area contributed by atoms with Crippen LogP contribution in [0.15, 0.2) is 30.3 Å². The van der Waals surface area contributed by atoms with Crippen molar-refractivity contribution in [1.29, 1.82) is 0 Å². The summed E-state index contributed by atoms with van der Waals surface area (Å²) in [5.74, 6) is 0. The van der Waals surface area contributed by atoms with Crippen molar-refractivity contribution in [3.8, 4) is 0 Å². The van der Waals surface area contributed by atoms with E-state index in [0.29, 0.717) is 6.54 Å². The monoisotopic (exact) mass is 327 g/mol. The van der Waals surface area contributed by atoms with Crippen molar-refractivity contribution in [3.63, 3.8) is 0 Å². The molecule has 3 heteroatoms. The van der Waals surface area contributed by atoms with E-state index in [1.807, 2.05) is 30.3 Å². The van der Waals surface area contributed by atoms with Crippen LogP contribution in [0.25, 0.3) is 0 Å². The second-order valence-corrected chi connectivity index (χ2v) is 1.94. The van der Waals surface area contributed by atoms with Crippen molar-refractivity contribution >= 4 is 6.41 Å². The van der Waals surface area contributed by atoms with Gasteiger partial charge in [-0.15, -0.1) is 0 Å². The van der Waals surface area contributed by atoms with Gasteiger partial charge in [0, 0.05) is 26.7 Å². The first-order chi connectivity index (χ1) is 4.93. The van der Waals surface area contributed by atoms with Crippen LogP contribution in [0.5, 0.6) is 0 Å². The Hall–Kier alpha value is -0.661. The maximum absolute atomic E-state index is 9.74. The van der Waals surface area contributed by atoms with Crippen molar-refractivity contribution in [2.75, 3.05) is 0 Å². The van der Waals surface area contributed by atoms with Crippen LogP contribution in [0.1, 0.15) is 5.56 Å². The number of carbonyl (C=O) groups excluding carboxylic acids is 1. The van der Waals surface area contributed by atoms with Crippen LogP contribution in [0.3, 0.4) is 0 Å². The molecule has 1 N–H and O–H groups in total. The van der Waals surface area contributed by atoms with Gasteiger partial charge >= 0.3 is 0 Å². The van der Waals surface area contributed by atoms with Crippen LogP contribution in [-0.2, 0) is 31.4 Å². The summed E-state index contributed by atoms with van der Waals surface area (Å²) in [6.07, 6.45) is 1.62. The zero-order valence-electron chi connectivity index (χ0n) is 5.84. The molecular formula is C8H8IrNO-. The van der Waals surface area contributed by atoms with Crippen LogP contribution in [-0.4, -0.2) is 6.41 Å². The number of rotatable bonds is 3. The van der Waals surface area contributed by atoms with Crippen LogP contribution in [0.2, 0.25) is 0 Å². The molecule has 0 aliphatic carbocycles. The summed E-state index contributed by atoms with van der Waals surface area (Å²) in [5, 5.41) is 2.46. The molecule has 1 radical (unpaired) electrons. The molecule has 0 saturated carbocycles. The predicted molar refractivity (Wildman–Crippen MR) is 39.0 cm³/mol. The molecule has 0 fully saturated rings. The Bertz CT molecular complexity index is 201. The Balaban J connectivity index is 0.000001000. The van der Waals surface area contributed by atoms with Gasteiger partial charge in [-0.3, -0.25) is 0 Å². The van der Waals surface area contributed by atoms with E-state index in [0.717, 1.165) is 5.56 Å². The Kier molecular flexibility index (Phi) is 5.71. The van der Waals surface area contributed by atoms with Gasteiger partial charge in [0.15, 0.2) is 0 Å². The first kappa shape index (κ1) is 10.3. The molecule has 0 bridgehead atoms. The first-order valence-electron chi connectivity index (χ1n) is 3.07. The normalized spacial score (nSPS) is 8.00. The largest absolute Gasteiger partial charge is 0.526 e. The average Bonchev–Trinajstić information content (AvgIpc) is 2.03. The minimum atomic E-state index is 0. The molecule has 1 rings (SSSR count). The number of hydrogen-bond donors (Lipinski definition) is 1. The van der Waals surface area contributed by atoms with Crippen molar-refractivity contribution in [1.82, 2.24) is 5.32 Å². The van der Waals surface area contributed by atoms with E-state index in [1.54, 1.807) is 6.41 Å². The van der Waals surface area contributed by atoms with Gasteiger partial charge in [-0.05, 0) is 5.56 Å². The van der Waals surface area contributed by atoms with E-state index >= 15 is 0 Å². The molecule has 1 amide bonds. The summed E-state index contributed by atoms with van der Waals surface area (Å²) in [6.45, 7) is 0.560. The van der Waals surface area contributed by atoms with Crippen molar-refractivity contribution in [2.24, 2.45) is 0 Å². The third kappa shape index (κ3) is 3.91. The molecule has 0 heterocycles. The van der Waals surface area contributed by atoms with Gasteiger partial charge in [0.2, 0.25) is 0 Å². The Morgan fingerprint density at radius 1 is 1.27 bits per heavy atom. The summed E-state index contributed by atoms with van der Waals surface area (Å²) < 4.78 is 0. The van der Waals surface area contributed by atoms with E-state index in [4.69, 9.17) is 0 Å². The van der Waals surface area contributed by atoms with Gasteiger partial charge < -0.3 is 10.1 Å². The van der Waals surface area contributed by atoms with E-state index in [-0.39, 0.29) is 20.1 Å². The van der Waals surface area contributed by atoms with E-state index in [1.165, 1.54) is 0 Å². The minimum Gasteiger partial charge on any atom is -0.526 e. The zero-order valence-corrected chi connectivity index (χ0v) is 8.23. The predicted octanol–water partition coefficient (Wildman–Crippen LogP) is 0.841. The van der Waals surface area contributed by atoms with Gasteiger partial charge in [-0.2, -0.15) is 6.41 Å². The maximum atomic E-state index is 9.74. The summed E-state index contributed by atoms with van der Waals surface area (Å²) in [5.41, 5.74) is 1.09. The van der Waals surface area contributed by atoms with Crippen LogP contribution in [0, 0.1) is 0 Å². The molecule has 0 unspecified atom stereocenters. The fourth-order valence-electron chi connectivity index (χ4n) is 0.734. The standard InChI is InChI=1S/C8H8NO.Ir/c10-7-9-6-8-4-2-1-3-5-8;/h1-5H,6H2,(H,9,10);/q-1;. The Morgan fingerprint density at radius 2 is 1.91 bits per heavy atom. The fraction of sp³-hybridized carbons (Fsp3) is 0.125. The first-order valence-corrected chi connectivity index (χ1v) is 3.07. The molecule has 2 nitrogen and oxygen atoms in total. The maximum Gasteiger partial charge on any atom is 0.0117 e. The molecule has 0 aliphatic rings. The van der Waals surface area contributed by atoms with E-state index in [9.17, 15) is 4.79 Å². The third-order valence-corrected chi connectivity index (χ3v) is 1.21. The minimum absolute atomic E-state index is 0. The smallest absolute Gasteiger partial charge is 0.0117 e.